The smallest absolute Gasteiger partial charge is 0.256 e. The summed E-state index contributed by atoms with van der Waals surface area (Å²) in [5, 5.41) is 2.74. The largest absolute Gasteiger partial charge is 0.261 e. The van der Waals surface area contributed by atoms with E-state index in [9.17, 15) is 0 Å². The van der Waals surface area contributed by atoms with Crippen LogP contribution in [0.25, 0.3) is 38.8 Å². The lowest BCUT2D eigenvalue weighted by atomic mass is 9.84. The Labute approximate surface area is 229 Å². The Balaban J connectivity index is 1.53. The monoisotopic (exact) mass is 589 g/mol. The third kappa shape index (κ3) is 2.96. The molecule has 0 N–H and O–H groups in total. The Kier molecular flexibility index (Phi) is 4.59. The zero-order valence-corrected chi connectivity index (χ0v) is 22.6. The summed E-state index contributed by atoms with van der Waals surface area (Å²) in [5.41, 5.74) is 11.7. The molecule has 4 heteroatoms. The maximum atomic E-state index is 4.71. The molecule has 1 aliphatic heterocycles. The number of aryl methyl sites for hydroxylation is 1. The van der Waals surface area contributed by atoms with E-state index in [0.717, 1.165) is 12.1 Å². The van der Waals surface area contributed by atoms with Gasteiger partial charge in [0.1, 0.15) is 0 Å². The number of hydrogen-bond donors (Lipinski definition) is 0. The molecule has 4 aromatic heterocycles. The molecule has 176 valence electrons. The molecular formula is C33H24IN3+2. The summed E-state index contributed by atoms with van der Waals surface area (Å²) < 4.78 is 6.34. The second-order valence-electron chi connectivity index (χ2n) is 10.2. The van der Waals surface area contributed by atoms with Crippen molar-refractivity contribution in [3.05, 3.63) is 129 Å². The maximum absolute atomic E-state index is 4.71. The van der Waals surface area contributed by atoms with Gasteiger partial charge >= 0.3 is 0 Å². The van der Waals surface area contributed by atoms with E-state index < -0.39 is 0 Å². The molecular weight excluding hydrogens is 565 g/mol. The van der Waals surface area contributed by atoms with Gasteiger partial charge in [0.25, 0.3) is 5.69 Å². The molecule has 0 saturated carbocycles. The highest BCUT2D eigenvalue weighted by molar-refractivity contribution is 14.1. The van der Waals surface area contributed by atoms with E-state index in [0.29, 0.717) is 5.92 Å². The Morgan fingerprint density at radius 3 is 2.65 bits per heavy atom. The summed E-state index contributed by atoms with van der Waals surface area (Å²) in [4.78, 5) is 4.71. The third-order valence-electron chi connectivity index (χ3n) is 8.31. The summed E-state index contributed by atoms with van der Waals surface area (Å²) in [6.45, 7) is 2.21. The Morgan fingerprint density at radius 2 is 1.76 bits per heavy atom. The fourth-order valence-corrected chi connectivity index (χ4v) is 7.63. The zero-order chi connectivity index (χ0) is 24.7. The number of halogens is 1. The van der Waals surface area contributed by atoms with Crippen molar-refractivity contribution in [1.82, 2.24) is 4.98 Å². The highest BCUT2D eigenvalue weighted by Gasteiger charge is 2.52. The molecule has 2 unspecified atom stereocenters. The number of hydrogen-bond acceptors (Lipinski definition) is 1. The lowest BCUT2D eigenvalue weighted by Gasteiger charge is -2.24. The highest BCUT2D eigenvalue weighted by atomic mass is 127. The van der Waals surface area contributed by atoms with Crippen LogP contribution in [0, 0.1) is 10.5 Å². The number of aromatic nitrogens is 3. The van der Waals surface area contributed by atoms with Crippen LogP contribution in [0.5, 0.6) is 0 Å². The minimum absolute atomic E-state index is 0.230. The van der Waals surface area contributed by atoms with Crippen LogP contribution in [0.4, 0.5) is 0 Å². The predicted octanol–water partition coefficient (Wildman–Crippen LogP) is 6.75. The first-order valence-electron chi connectivity index (χ1n) is 12.8. The zero-order valence-electron chi connectivity index (χ0n) is 20.4. The van der Waals surface area contributed by atoms with Crippen LogP contribution >= 0.6 is 22.6 Å². The average molecular weight is 589 g/mol. The number of nitrogens with zero attached hydrogens (tertiary/aromatic N) is 3. The molecule has 3 nitrogen and oxygen atoms in total. The van der Waals surface area contributed by atoms with Gasteiger partial charge in [0, 0.05) is 44.5 Å². The van der Waals surface area contributed by atoms with Crippen LogP contribution < -0.4 is 8.97 Å². The molecule has 8 rings (SSSR count). The van der Waals surface area contributed by atoms with Gasteiger partial charge in [0.2, 0.25) is 17.3 Å². The van der Waals surface area contributed by atoms with E-state index in [2.05, 4.69) is 130 Å². The first kappa shape index (κ1) is 21.4. The van der Waals surface area contributed by atoms with Gasteiger partial charge in [-0.1, -0.05) is 30.3 Å². The highest BCUT2D eigenvalue weighted by Crippen LogP contribution is 2.49. The Hall–Kier alpha value is -3.64. The summed E-state index contributed by atoms with van der Waals surface area (Å²) in [6.07, 6.45) is 7.54. The van der Waals surface area contributed by atoms with Crippen molar-refractivity contribution in [1.29, 1.82) is 0 Å². The van der Waals surface area contributed by atoms with Crippen molar-refractivity contribution in [3.63, 3.8) is 0 Å². The first-order chi connectivity index (χ1) is 18.2. The van der Waals surface area contributed by atoms with E-state index in [4.69, 9.17) is 4.98 Å². The van der Waals surface area contributed by atoms with Gasteiger partial charge in [0.15, 0.2) is 12.4 Å². The molecule has 0 bridgehead atoms. The van der Waals surface area contributed by atoms with Crippen LogP contribution in [-0.2, 0) is 6.42 Å². The molecule has 2 aliphatic rings. The van der Waals surface area contributed by atoms with Gasteiger partial charge in [0.05, 0.1) is 22.6 Å². The van der Waals surface area contributed by atoms with Crippen LogP contribution in [0.3, 0.4) is 0 Å². The molecule has 37 heavy (non-hydrogen) atoms. The van der Waals surface area contributed by atoms with Gasteiger partial charge in [-0.2, -0.15) is 8.97 Å². The lowest BCUT2D eigenvalue weighted by Crippen LogP contribution is -2.49. The van der Waals surface area contributed by atoms with Gasteiger partial charge in [-0.25, -0.2) is 0 Å². The van der Waals surface area contributed by atoms with E-state index in [1.54, 1.807) is 0 Å². The van der Waals surface area contributed by atoms with E-state index in [1.165, 1.54) is 59.1 Å². The molecule has 5 heterocycles. The third-order valence-corrected chi connectivity index (χ3v) is 9.21. The minimum Gasteiger partial charge on any atom is -0.256 e. The number of fused-ring (bicyclic) bond motifs is 13. The van der Waals surface area contributed by atoms with Crippen LogP contribution in [0.1, 0.15) is 34.3 Å². The second kappa shape index (κ2) is 7.93. The molecule has 0 amide bonds. The van der Waals surface area contributed by atoms with E-state index in [-0.39, 0.29) is 6.04 Å². The normalized spacial score (nSPS) is 17.4. The SMILES string of the molecule is Cc1cc2c3cccc(I)c3c3c([n+]2cc1-c1ccccn1)C1C(C3)c2ccccc2-c2cccc[n+]21. The standard InChI is InChI=1S/C33H24IN3/c1-20-17-30-23-11-8-12-27(34)31(23)25-18-24-21-9-2-3-10-22(21)29-14-5-7-16-36(29)32(24)33(25)37(30)19-26(20)28-13-4-6-15-35-28/h2-17,19,24,32H,18H2,1H3/q+2. The van der Waals surface area contributed by atoms with Gasteiger partial charge in [-0.3, -0.25) is 4.98 Å². The topological polar surface area (TPSA) is 20.9 Å². The van der Waals surface area contributed by atoms with Crippen LogP contribution in [0.15, 0.2) is 104 Å². The molecule has 2 aromatic carbocycles. The Morgan fingerprint density at radius 1 is 0.892 bits per heavy atom. The van der Waals surface area contributed by atoms with Gasteiger partial charge < -0.3 is 0 Å². The molecule has 0 saturated heterocycles. The van der Waals surface area contributed by atoms with Crippen molar-refractivity contribution in [2.75, 3.05) is 0 Å². The number of pyridine rings is 4. The van der Waals surface area contributed by atoms with Crippen LogP contribution in [0.2, 0.25) is 0 Å². The fourth-order valence-electron chi connectivity index (χ4n) is 6.80. The molecule has 0 spiro atoms. The molecule has 0 radical (unpaired) electrons. The van der Waals surface area contributed by atoms with Crippen molar-refractivity contribution >= 4 is 38.9 Å². The van der Waals surface area contributed by atoms with Gasteiger partial charge in [-0.05, 0) is 83.5 Å². The number of benzene rings is 2. The van der Waals surface area contributed by atoms with E-state index in [1.807, 2.05) is 12.3 Å². The quantitative estimate of drug-likeness (QED) is 0.118. The first-order valence-corrected chi connectivity index (χ1v) is 13.9. The molecule has 2 atom stereocenters. The maximum Gasteiger partial charge on any atom is 0.261 e. The van der Waals surface area contributed by atoms with Gasteiger partial charge in [-0.15, -0.1) is 0 Å². The predicted molar refractivity (Wildman–Crippen MR) is 154 cm³/mol. The minimum atomic E-state index is 0.230. The molecule has 1 aliphatic carbocycles. The summed E-state index contributed by atoms with van der Waals surface area (Å²) in [5.74, 6) is 0.392. The number of rotatable bonds is 1. The lowest BCUT2D eigenvalue weighted by molar-refractivity contribution is -0.724. The van der Waals surface area contributed by atoms with Crippen molar-refractivity contribution in [2.45, 2.75) is 25.3 Å². The molecule has 6 aromatic rings. The van der Waals surface area contributed by atoms with E-state index >= 15 is 0 Å². The van der Waals surface area contributed by atoms with Crippen molar-refractivity contribution in [3.8, 4) is 22.5 Å². The Bertz CT molecular complexity index is 1890. The van der Waals surface area contributed by atoms with Crippen molar-refractivity contribution < 1.29 is 8.97 Å². The second-order valence-corrected chi connectivity index (χ2v) is 11.4. The summed E-state index contributed by atoms with van der Waals surface area (Å²) in [7, 11) is 0. The summed E-state index contributed by atoms with van der Waals surface area (Å²) >= 11 is 2.54. The van der Waals surface area contributed by atoms with Crippen molar-refractivity contribution in [2.24, 2.45) is 0 Å². The van der Waals surface area contributed by atoms with Crippen LogP contribution in [-0.4, -0.2) is 4.98 Å². The molecule has 0 fully saturated rings. The summed E-state index contributed by atoms with van der Waals surface area (Å²) in [6, 6.07) is 31.1. The average Bonchev–Trinajstić information content (AvgIpc) is 3.35. The fraction of sp³-hybridized carbons (Fsp3) is 0.121.